The maximum Gasteiger partial charge on any atom is 0.271 e. The molecule has 0 saturated heterocycles. The van der Waals surface area contributed by atoms with Crippen molar-refractivity contribution in [2.24, 2.45) is 0 Å². The summed E-state index contributed by atoms with van der Waals surface area (Å²) in [6, 6.07) is 8.31. The van der Waals surface area contributed by atoms with Gasteiger partial charge in [-0.05, 0) is 31.7 Å². The molecule has 3 N–H and O–H groups in total. The van der Waals surface area contributed by atoms with Crippen LogP contribution in [0, 0.1) is 10.1 Å². The van der Waals surface area contributed by atoms with Gasteiger partial charge < -0.3 is 15.7 Å². The third-order valence-corrected chi connectivity index (χ3v) is 4.05. The number of aliphatic hydroxyl groups is 1. The highest BCUT2D eigenvalue weighted by molar-refractivity contribution is 5.61. The number of aromatic nitrogens is 2. The van der Waals surface area contributed by atoms with Gasteiger partial charge in [-0.25, -0.2) is 9.97 Å². The first-order chi connectivity index (χ1) is 11.6. The Kier molecular flexibility index (Phi) is 4.85. The predicted octanol–water partition coefficient (Wildman–Crippen LogP) is 2.84. The number of nitro groups is 1. The average molecular weight is 329 g/mol. The van der Waals surface area contributed by atoms with Crippen molar-refractivity contribution in [2.75, 3.05) is 10.6 Å². The van der Waals surface area contributed by atoms with Crippen LogP contribution in [0.5, 0.6) is 0 Å². The highest BCUT2D eigenvalue weighted by atomic mass is 16.6. The molecule has 8 nitrogen and oxygen atoms in total. The van der Waals surface area contributed by atoms with Crippen molar-refractivity contribution < 1.29 is 10.0 Å². The van der Waals surface area contributed by atoms with Crippen LogP contribution < -0.4 is 10.6 Å². The molecule has 0 unspecified atom stereocenters. The van der Waals surface area contributed by atoms with Crippen LogP contribution >= 0.6 is 0 Å². The molecule has 1 aromatic heterocycles. The van der Waals surface area contributed by atoms with E-state index >= 15 is 0 Å². The van der Waals surface area contributed by atoms with Crippen molar-refractivity contribution in [3.8, 4) is 0 Å². The van der Waals surface area contributed by atoms with E-state index in [1.165, 1.54) is 18.5 Å². The third kappa shape index (κ3) is 4.17. The number of benzene rings is 1. The van der Waals surface area contributed by atoms with Crippen LogP contribution in [0.4, 0.5) is 23.0 Å². The summed E-state index contributed by atoms with van der Waals surface area (Å²) in [4.78, 5) is 18.7. The summed E-state index contributed by atoms with van der Waals surface area (Å²) in [5.41, 5.74) is 0.614. The van der Waals surface area contributed by atoms with Gasteiger partial charge in [0.2, 0.25) is 0 Å². The fourth-order valence-electron chi connectivity index (χ4n) is 2.78. The molecule has 8 heteroatoms. The highest BCUT2D eigenvalue weighted by Gasteiger charge is 2.19. The summed E-state index contributed by atoms with van der Waals surface area (Å²) in [6.45, 7) is 0. The Labute approximate surface area is 139 Å². The number of anilines is 3. The Morgan fingerprint density at radius 3 is 2.62 bits per heavy atom. The number of nitrogens with one attached hydrogen (secondary N) is 2. The number of aliphatic hydroxyl groups excluding tert-OH is 1. The Morgan fingerprint density at radius 2 is 1.88 bits per heavy atom. The highest BCUT2D eigenvalue weighted by Crippen LogP contribution is 2.24. The van der Waals surface area contributed by atoms with Crippen molar-refractivity contribution in [3.63, 3.8) is 0 Å². The molecule has 0 radical (unpaired) electrons. The zero-order valence-corrected chi connectivity index (χ0v) is 13.1. The average Bonchev–Trinajstić information content (AvgIpc) is 2.57. The van der Waals surface area contributed by atoms with Crippen LogP contribution in [-0.4, -0.2) is 32.1 Å². The molecule has 1 saturated carbocycles. The van der Waals surface area contributed by atoms with Crippen LogP contribution in [0.1, 0.15) is 25.7 Å². The Balaban J connectivity index is 1.67. The minimum absolute atomic E-state index is 0.0215. The van der Waals surface area contributed by atoms with E-state index in [1.54, 1.807) is 18.2 Å². The topological polar surface area (TPSA) is 113 Å². The Morgan fingerprint density at radius 1 is 1.12 bits per heavy atom. The molecule has 1 fully saturated rings. The van der Waals surface area contributed by atoms with Gasteiger partial charge >= 0.3 is 0 Å². The maximum absolute atomic E-state index is 10.8. The summed E-state index contributed by atoms with van der Waals surface area (Å²) in [7, 11) is 0. The lowest BCUT2D eigenvalue weighted by molar-refractivity contribution is -0.384. The van der Waals surface area contributed by atoms with E-state index < -0.39 is 4.92 Å². The number of hydrogen-bond donors (Lipinski definition) is 3. The first kappa shape index (κ1) is 16.1. The zero-order chi connectivity index (χ0) is 16.9. The summed E-state index contributed by atoms with van der Waals surface area (Å²) in [5, 5.41) is 26.8. The molecule has 2 aromatic rings. The van der Waals surface area contributed by atoms with E-state index in [0.717, 1.165) is 25.7 Å². The van der Waals surface area contributed by atoms with E-state index in [0.29, 0.717) is 17.3 Å². The van der Waals surface area contributed by atoms with Gasteiger partial charge in [0.25, 0.3) is 5.69 Å². The zero-order valence-electron chi connectivity index (χ0n) is 13.1. The molecule has 1 aromatic carbocycles. The molecular formula is C16H19N5O3. The van der Waals surface area contributed by atoms with Crippen molar-refractivity contribution >= 4 is 23.0 Å². The van der Waals surface area contributed by atoms with Crippen molar-refractivity contribution in [1.82, 2.24) is 9.97 Å². The van der Waals surface area contributed by atoms with Crippen LogP contribution in [0.25, 0.3) is 0 Å². The number of rotatable bonds is 5. The summed E-state index contributed by atoms with van der Waals surface area (Å²) in [5.74, 6) is 1.25. The molecule has 1 aliphatic carbocycles. The van der Waals surface area contributed by atoms with Gasteiger partial charge in [0.15, 0.2) is 0 Å². The van der Waals surface area contributed by atoms with Crippen LogP contribution in [-0.2, 0) is 0 Å². The number of nitro benzene ring substituents is 1. The smallest absolute Gasteiger partial charge is 0.271 e. The Bertz CT molecular complexity index is 716. The Hall–Kier alpha value is -2.74. The van der Waals surface area contributed by atoms with Crippen molar-refractivity contribution in [2.45, 2.75) is 37.8 Å². The third-order valence-electron chi connectivity index (χ3n) is 4.05. The van der Waals surface area contributed by atoms with E-state index in [2.05, 4.69) is 20.6 Å². The van der Waals surface area contributed by atoms with Gasteiger partial charge in [0.05, 0.1) is 11.0 Å². The first-order valence-corrected chi connectivity index (χ1v) is 7.88. The monoisotopic (exact) mass is 329 g/mol. The van der Waals surface area contributed by atoms with E-state index in [1.807, 2.05) is 0 Å². The molecular weight excluding hydrogens is 310 g/mol. The fourth-order valence-corrected chi connectivity index (χ4v) is 2.78. The molecule has 0 amide bonds. The molecule has 24 heavy (non-hydrogen) atoms. The van der Waals surface area contributed by atoms with Gasteiger partial charge in [-0.2, -0.15) is 0 Å². The first-order valence-electron chi connectivity index (χ1n) is 7.88. The quantitative estimate of drug-likeness (QED) is 0.571. The van der Waals surface area contributed by atoms with Crippen LogP contribution in [0.2, 0.25) is 0 Å². The normalized spacial score (nSPS) is 20.4. The van der Waals surface area contributed by atoms with Crippen LogP contribution in [0.3, 0.4) is 0 Å². The molecule has 1 heterocycles. The molecule has 0 bridgehead atoms. The molecule has 3 rings (SSSR count). The van der Waals surface area contributed by atoms with Crippen molar-refractivity contribution in [3.05, 3.63) is 46.8 Å². The molecule has 126 valence electrons. The van der Waals surface area contributed by atoms with Gasteiger partial charge in [-0.1, -0.05) is 6.07 Å². The lowest BCUT2D eigenvalue weighted by Crippen LogP contribution is -2.28. The summed E-state index contributed by atoms with van der Waals surface area (Å²) < 4.78 is 0. The minimum Gasteiger partial charge on any atom is -0.393 e. The second-order valence-corrected chi connectivity index (χ2v) is 5.87. The van der Waals surface area contributed by atoms with E-state index in [-0.39, 0.29) is 17.8 Å². The minimum atomic E-state index is -0.435. The predicted molar refractivity (Wildman–Crippen MR) is 90.3 cm³/mol. The maximum atomic E-state index is 10.8. The molecule has 0 spiro atoms. The standard InChI is InChI=1S/C16H19N5O3/c22-14-6-4-11(5-7-14)19-15-9-16(18-10-17-15)20-12-2-1-3-13(8-12)21(23)24/h1-3,8-11,14,22H,4-7H2,(H2,17,18,19,20). The SMILES string of the molecule is O=[N+]([O-])c1cccc(Nc2cc(NC3CCC(O)CC3)ncn2)c1. The van der Waals surface area contributed by atoms with Gasteiger partial charge in [-0.15, -0.1) is 0 Å². The van der Waals surface area contributed by atoms with E-state index in [4.69, 9.17) is 0 Å². The number of hydrogen-bond acceptors (Lipinski definition) is 7. The van der Waals surface area contributed by atoms with Gasteiger partial charge in [0, 0.05) is 29.9 Å². The second kappa shape index (κ2) is 7.22. The van der Waals surface area contributed by atoms with Gasteiger partial charge in [-0.3, -0.25) is 10.1 Å². The second-order valence-electron chi connectivity index (χ2n) is 5.87. The fraction of sp³-hybridized carbons (Fsp3) is 0.375. The van der Waals surface area contributed by atoms with E-state index in [9.17, 15) is 15.2 Å². The summed E-state index contributed by atoms with van der Waals surface area (Å²) >= 11 is 0. The largest absolute Gasteiger partial charge is 0.393 e. The van der Waals surface area contributed by atoms with Crippen molar-refractivity contribution in [1.29, 1.82) is 0 Å². The lowest BCUT2D eigenvalue weighted by atomic mass is 9.93. The number of nitrogens with zero attached hydrogens (tertiary/aromatic N) is 3. The molecule has 0 atom stereocenters. The molecule has 1 aliphatic rings. The summed E-state index contributed by atoms with van der Waals surface area (Å²) in [6.07, 6.45) is 4.64. The number of non-ortho nitro benzene ring substituents is 1. The molecule has 0 aliphatic heterocycles. The lowest BCUT2D eigenvalue weighted by Gasteiger charge is -2.26. The van der Waals surface area contributed by atoms with Crippen LogP contribution in [0.15, 0.2) is 36.7 Å². The van der Waals surface area contributed by atoms with Gasteiger partial charge in [0.1, 0.15) is 18.0 Å².